The molecule has 0 N–H and O–H groups in total. The number of fused-ring (bicyclic) bond motifs is 1. The Morgan fingerprint density at radius 3 is 2.76 bits per heavy atom. The van der Waals surface area contributed by atoms with Crippen LogP contribution < -0.4 is 4.74 Å². The quantitative estimate of drug-likeness (QED) is 0.713. The Bertz CT molecular complexity index is 678. The molecular formula is C18H20BrNO. The normalized spacial score (nSPS) is 27.0. The highest BCUT2D eigenvalue weighted by molar-refractivity contribution is 9.09. The number of alkyl halides is 1. The zero-order valence-corrected chi connectivity index (χ0v) is 13.9. The summed E-state index contributed by atoms with van der Waals surface area (Å²) in [5.41, 5.74) is 2.41. The van der Waals surface area contributed by atoms with Crippen molar-refractivity contribution in [2.45, 2.75) is 50.0 Å². The molecule has 0 aliphatic heterocycles. The van der Waals surface area contributed by atoms with Crippen LogP contribution in [0.25, 0.3) is 10.9 Å². The fraction of sp³-hybridized carbons (Fsp3) is 0.500. The van der Waals surface area contributed by atoms with Gasteiger partial charge in [0.25, 0.3) is 0 Å². The zero-order valence-electron chi connectivity index (χ0n) is 12.3. The van der Waals surface area contributed by atoms with Crippen LogP contribution in [0.15, 0.2) is 30.3 Å². The third kappa shape index (κ3) is 2.09. The minimum absolute atomic E-state index is 0.345. The maximum absolute atomic E-state index is 6.43. The average molecular weight is 346 g/mol. The van der Waals surface area contributed by atoms with Gasteiger partial charge in [-0.1, -0.05) is 47.0 Å². The first-order valence-corrected chi connectivity index (χ1v) is 8.78. The van der Waals surface area contributed by atoms with E-state index in [0.29, 0.717) is 16.3 Å². The Morgan fingerprint density at radius 2 is 2.00 bits per heavy atom. The Hall–Kier alpha value is -1.09. The molecular weight excluding hydrogens is 326 g/mol. The van der Waals surface area contributed by atoms with Crippen LogP contribution in [0.4, 0.5) is 0 Å². The van der Waals surface area contributed by atoms with Gasteiger partial charge in [-0.25, -0.2) is 4.98 Å². The number of para-hydroxylation sites is 1. The van der Waals surface area contributed by atoms with Crippen molar-refractivity contribution in [2.24, 2.45) is 5.41 Å². The van der Waals surface area contributed by atoms with Gasteiger partial charge in [0.2, 0.25) is 0 Å². The van der Waals surface area contributed by atoms with E-state index in [1.54, 1.807) is 0 Å². The van der Waals surface area contributed by atoms with Crippen LogP contribution in [0.1, 0.15) is 37.8 Å². The van der Waals surface area contributed by atoms with Crippen LogP contribution in [0.3, 0.4) is 0 Å². The molecule has 1 heterocycles. The van der Waals surface area contributed by atoms with Crippen LogP contribution >= 0.6 is 15.9 Å². The van der Waals surface area contributed by atoms with Gasteiger partial charge in [0, 0.05) is 21.3 Å². The number of halogens is 1. The lowest BCUT2D eigenvalue weighted by atomic mass is 9.64. The first-order valence-electron chi connectivity index (χ1n) is 7.86. The highest BCUT2D eigenvalue weighted by atomic mass is 79.9. The van der Waals surface area contributed by atoms with Crippen LogP contribution in [-0.4, -0.2) is 15.9 Å². The summed E-state index contributed by atoms with van der Waals surface area (Å²) in [5, 5.41) is 1.16. The Kier molecular flexibility index (Phi) is 3.21. The van der Waals surface area contributed by atoms with Crippen molar-refractivity contribution in [3.8, 4) is 5.75 Å². The fourth-order valence-electron chi connectivity index (χ4n) is 4.00. The largest absolute Gasteiger partial charge is 0.487 e. The number of pyridine rings is 1. The van der Waals surface area contributed by atoms with E-state index in [4.69, 9.17) is 4.74 Å². The lowest BCUT2D eigenvalue weighted by Gasteiger charge is -2.51. The summed E-state index contributed by atoms with van der Waals surface area (Å²) >= 11 is 3.86. The summed E-state index contributed by atoms with van der Waals surface area (Å²) in [6, 6.07) is 10.4. The molecule has 0 saturated heterocycles. The van der Waals surface area contributed by atoms with Crippen molar-refractivity contribution in [1.82, 2.24) is 4.98 Å². The standard InChI is InChI=1S/C18H20BrNO/c1-12-7-8-13-5-4-6-14(17(13)20-12)21-16-11-15(19)18(16)9-2-3-10-18/h4-8,15-16H,2-3,9-11H2,1H3. The van der Waals surface area contributed by atoms with Crippen LogP contribution in [-0.2, 0) is 0 Å². The van der Waals surface area contributed by atoms with Crippen LogP contribution in [0.5, 0.6) is 5.75 Å². The van der Waals surface area contributed by atoms with E-state index < -0.39 is 0 Å². The molecule has 4 rings (SSSR count). The summed E-state index contributed by atoms with van der Waals surface area (Å²) in [4.78, 5) is 5.31. The lowest BCUT2D eigenvalue weighted by molar-refractivity contribution is -0.0295. The topological polar surface area (TPSA) is 22.1 Å². The van der Waals surface area contributed by atoms with Gasteiger partial charge in [0.05, 0.1) is 0 Å². The molecule has 2 fully saturated rings. The summed E-state index contributed by atoms with van der Waals surface area (Å²) in [6.07, 6.45) is 6.74. The van der Waals surface area contributed by atoms with Crippen LogP contribution in [0, 0.1) is 12.3 Å². The minimum Gasteiger partial charge on any atom is -0.487 e. The highest BCUT2D eigenvalue weighted by Gasteiger charge is 2.56. The van der Waals surface area contributed by atoms with Crippen LogP contribution in [0.2, 0.25) is 0 Å². The van der Waals surface area contributed by atoms with Gasteiger partial charge < -0.3 is 4.74 Å². The van der Waals surface area contributed by atoms with E-state index in [1.165, 1.54) is 25.7 Å². The van der Waals surface area contributed by atoms with Gasteiger partial charge in [0.1, 0.15) is 17.4 Å². The van der Waals surface area contributed by atoms with Crippen molar-refractivity contribution in [1.29, 1.82) is 0 Å². The fourth-order valence-corrected chi connectivity index (χ4v) is 5.09. The Balaban J connectivity index is 1.67. The average Bonchev–Trinajstić information content (AvgIpc) is 3.00. The number of aromatic nitrogens is 1. The molecule has 2 atom stereocenters. The number of hydrogen-bond donors (Lipinski definition) is 0. The third-order valence-corrected chi connectivity index (χ3v) is 6.60. The molecule has 2 aromatic rings. The zero-order chi connectivity index (χ0) is 14.4. The number of nitrogens with zero attached hydrogens (tertiary/aromatic N) is 1. The number of aryl methyl sites for hydroxylation is 1. The molecule has 1 spiro atoms. The van der Waals surface area contributed by atoms with Gasteiger partial charge in [-0.15, -0.1) is 0 Å². The molecule has 2 nitrogen and oxygen atoms in total. The molecule has 2 aliphatic carbocycles. The van der Waals surface area contributed by atoms with Gasteiger partial charge in [-0.3, -0.25) is 0 Å². The number of rotatable bonds is 2. The maximum Gasteiger partial charge on any atom is 0.145 e. The van der Waals surface area contributed by atoms with E-state index >= 15 is 0 Å². The molecule has 2 unspecified atom stereocenters. The predicted molar refractivity (Wildman–Crippen MR) is 89.1 cm³/mol. The first-order chi connectivity index (χ1) is 10.2. The molecule has 1 aromatic heterocycles. The van der Waals surface area contributed by atoms with Crippen molar-refractivity contribution in [3.63, 3.8) is 0 Å². The number of benzene rings is 1. The molecule has 21 heavy (non-hydrogen) atoms. The van der Waals surface area contributed by atoms with Crippen molar-refractivity contribution in [2.75, 3.05) is 0 Å². The van der Waals surface area contributed by atoms with E-state index in [-0.39, 0.29) is 0 Å². The molecule has 0 amide bonds. The Morgan fingerprint density at radius 1 is 1.19 bits per heavy atom. The summed E-state index contributed by atoms with van der Waals surface area (Å²) in [7, 11) is 0. The molecule has 3 heteroatoms. The molecule has 110 valence electrons. The molecule has 0 bridgehead atoms. The first kappa shape index (κ1) is 13.6. The summed E-state index contributed by atoms with van der Waals surface area (Å²) in [5.74, 6) is 0.951. The monoisotopic (exact) mass is 345 g/mol. The minimum atomic E-state index is 0.345. The van der Waals surface area contributed by atoms with E-state index in [2.05, 4.69) is 51.2 Å². The Labute approximate surface area is 134 Å². The molecule has 0 radical (unpaired) electrons. The smallest absolute Gasteiger partial charge is 0.145 e. The number of hydrogen-bond acceptors (Lipinski definition) is 2. The van der Waals surface area contributed by atoms with Crippen molar-refractivity contribution in [3.05, 3.63) is 36.0 Å². The second kappa shape index (κ2) is 4.98. The van der Waals surface area contributed by atoms with E-state index in [0.717, 1.165) is 28.8 Å². The van der Waals surface area contributed by atoms with Gasteiger partial charge in [0.15, 0.2) is 0 Å². The second-order valence-electron chi connectivity index (χ2n) is 6.53. The second-order valence-corrected chi connectivity index (χ2v) is 7.64. The lowest BCUT2D eigenvalue weighted by Crippen LogP contribution is -2.55. The summed E-state index contributed by atoms with van der Waals surface area (Å²) in [6.45, 7) is 2.03. The third-order valence-electron chi connectivity index (χ3n) is 5.31. The number of ether oxygens (including phenoxy) is 1. The van der Waals surface area contributed by atoms with Crippen molar-refractivity contribution < 1.29 is 4.74 Å². The van der Waals surface area contributed by atoms with Crippen molar-refractivity contribution >= 4 is 26.8 Å². The SMILES string of the molecule is Cc1ccc2cccc(OC3CC(Br)C34CCCC4)c2n1. The van der Waals surface area contributed by atoms with Gasteiger partial charge in [-0.2, -0.15) is 0 Å². The molecule has 2 saturated carbocycles. The molecule has 1 aromatic carbocycles. The van der Waals surface area contributed by atoms with E-state index in [1.807, 2.05) is 6.92 Å². The summed E-state index contributed by atoms with van der Waals surface area (Å²) < 4.78 is 6.43. The predicted octanol–water partition coefficient (Wildman–Crippen LogP) is 5.02. The maximum atomic E-state index is 6.43. The van der Waals surface area contributed by atoms with Gasteiger partial charge >= 0.3 is 0 Å². The highest BCUT2D eigenvalue weighted by Crippen LogP contribution is 2.57. The molecule has 2 aliphatic rings. The van der Waals surface area contributed by atoms with E-state index in [9.17, 15) is 0 Å². The van der Waals surface area contributed by atoms with Gasteiger partial charge in [-0.05, 0) is 38.3 Å².